The summed E-state index contributed by atoms with van der Waals surface area (Å²) in [6.07, 6.45) is 2.67. The van der Waals surface area contributed by atoms with Crippen LogP contribution in [-0.2, 0) is 30.4 Å². The normalized spacial score (nSPS) is 13.6. The number of aromatic amines is 1. The molecule has 0 saturated heterocycles. The number of aliphatic carboxylic acids is 2. The third-order valence-corrected chi connectivity index (χ3v) is 4.37. The summed E-state index contributed by atoms with van der Waals surface area (Å²) in [5, 5.41) is 24.8. The third kappa shape index (κ3) is 10.0. The van der Waals surface area contributed by atoms with E-state index >= 15 is 0 Å². The van der Waals surface area contributed by atoms with Gasteiger partial charge in [-0.3, -0.25) is 24.0 Å². The van der Waals surface area contributed by atoms with Gasteiger partial charge in [-0.25, -0.2) is 4.98 Å². The SMILES string of the molecule is CC(C)CC(NC(=O)C(Cc1cnc[nH]1)NC(=O)C(N)CCC(=O)O)C(=O)NCC(=O)O. The van der Waals surface area contributed by atoms with Gasteiger partial charge >= 0.3 is 11.9 Å². The number of H-pyrrole nitrogens is 1. The molecule has 0 radical (unpaired) electrons. The van der Waals surface area contributed by atoms with E-state index in [-0.39, 0.29) is 31.6 Å². The number of carboxylic acid groups (broad SMARTS) is 2. The monoisotopic (exact) mass is 454 g/mol. The van der Waals surface area contributed by atoms with Crippen LogP contribution in [-0.4, -0.2) is 74.5 Å². The smallest absolute Gasteiger partial charge is 0.322 e. The van der Waals surface area contributed by atoms with E-state index in [2.05, 4.69) is 25.9 Å². The molecule has 3 atom stereocenters. The molecule has 0 saturated carbocycles. The van der Waals surface area contributed by atoms with Crippen molar-refractivity contribution in [2.45, 2.75) is 57.7 Å². The van der Waals surface area contributed by atoms with E-state index in [0.717, 1.165) is 0 Å². The molecule has 1 heterocycles. The van der Waals surface area contributed by atoms with Gasteiger partial charge in [-0.2, -0.15) is 0 Å². The number of carboxylic acids is 2. The maximum atomic E-state index is 12.9. The molecule has 0 fully saturated rings. The highest BCUT2D eigenvalue weighted by atomic mass is 16.4. The minimum atomic E-state index is -1.23. The Balaban J connectivity index is 2.93. The first-order valence-corrected chi connectivity index (χ1v) is 10.0. The first kappa shape index (κ1) is 26.6. The number of imidazole rings is 1. The number of hydrogen-bond donors (Lipinski definition) is 7. The van der Waals surface area contributed by atoms with E-state index in [0.29, 0.717) is 5.69 Å². The van der Waals surface area contributed by atoms with Gasteiger partial charge in [0.25, 0.3) is 0 Å². The van der Waals surface area contributed by atoms with Crippen LogP contribution in [0.2, 0.25) is 0 Å². The third-order valence-electron chi connectivity index (χ3n) is 4.37. The number of carbonyl (C=O) groups is 5. The van der Waals surface area contributed by atoms with Crippen LogP contribution in [0.15, 0.2) is 12.5 Å². The number of carbonyl (C=O) groups excluding carboxylic acids is 3. The van der Waals surface area contributed by atoms with E-state index in [1.54, 1.807) is 0 Å². The van der Waals surface area contributed by atoms with Crippen LogP contribution in [0.3, 0.4) is 0 Å². The van der Waals surface area contributed by atoms with Gasteiger partial charge in [0.1, 0.15) is 18.6 Å². The minimum Gasteiger partial charge on any atom is -0.481 e. The fourth-order valence-corrected chi connectivity index (χ4v) is 2.78. The molecule has 13 heteroatoms. The average Bonchev–Trinajstić information content (AvgIpc) is 3.21. The maximum Gasteiger partial charge on any atom is 0.322 e. The highest BCUT2D eigenvalue weighted by Crippen LogP contribution is 2.07. The van der Waals surface area contributed by atoms with Gasteiger partial charge in [0, 0.05) is 24.7 Å². The molecule has 1 aromatic heterocycles. The Bertz CT molecular complexity index is 796. The van der Waals surface area contributed by atoms with E-state index in [4.69, 9.17) is 15.9 Å². The molecule has 0 bridgehead atoms. The summed E-state index contributed by atoms with van der Waals surface area (Å²) in [6.45, 7) is 3.06. The summed E-state index contributed by atoms with van der Waals surface area (Å²) in [5.74, 6) is -4.41. The quantitative estimate of drug-likeness (QED) is 0.171. The zero-order valence-electron chi connectivity index (χ0n) is 18.0. The fourth-order valence-electron chi connectivity index (χ4n) is 2.78. The van der Waals surface area contributed by atoms with Crippen LogP contribution in [0.4, 0.5) is 0 Å². The number of nitrogens with one attached hydrogen (secondary N) is 4. The molecule has 0 spiro atoms. The van der Waals surface area contributed by atoms with E-state index in [1.165, 1.54) is 12.5 Å². The molecule has 178 valence electrons. The Morgan fingerprint density at radius 1 is 1.03 bits per heavy atom. The van der Waals surface area contributed by atoms with Crippen LogP contribution < -0.4 is 21.7 Å². The molecule has 8 N–H and O–H groups in total. The second-order valence-electron chi connectivity index (χ2n) is 7.68. The van der Waals surface area contributed by atoms with Gasteiger partial charge in [0.05, 0.1) is 12.4 Å². The van der Waals surface area contributed by atoms with Gasteiger partial charge in [0.15, 0.2) is 0 Å². The van der Waals surface area contributed by atoms with Crippen molar-refractivity contribution >= 4 is 29.7 Å². The number of nitrogens with two attached hydrogens (primary N) is 1. The molecule has 0 aliphatic carbocycles. The van der Waals surface area contributed by atoms with Gasteiger partial charge < -0.3 is 36.9 Å². The number of amides is 3. The van der Waals surface area contributed by atoms with Crippen molar-refractivity contribution in [2.75, 3.05) is 6.54 Å². The zero-order chi connectivity index (χ0) is 24.3. The van der Waals surface area contributed by atoms with Crippen LogP contribution >= 0.6 is 0 Å². The van der Waals surface area contributed by atoms with Crippen molar-refractivity contribution in [3.05, 3.63) is 18.2 Å². The van der Waals surface area contributed by atoms with Gasteiger partial charge in [0.2, 0.25) is 17.7 Å². The van der Waals surface area contributed by atoms with Crippen molar-refractivity contribution < 1.29 is 34.2 Å². The van der Waals surface area contributed by atoms with Gasteiger partial charge in [-0.1, -0.05) is 13.8 Å². The summed E-state index contributed by atoms with van der Waals surface area (Å²) in [7, 11) is 0. The second-order valence-corrected chi connectivity index (χ2v) is 7.68. The lowest BCUT2D eigenvalue weighted by atomic mass is 10.0. The van der Waals surface area contributed by atoms with Crippen LogP contribution in [0.1, 0.15) is 38.8 Å². The lowest BCUT2D eigenvalue weighted by molar-refractivity contribution is -0.139. The molecule has 3 amide bonds. The Hall–Kier alpha value is -3.48. The molecule has 1 aromatic rings. The summed E-state index contributed by atoms with van der Waals surface area (Å²) < 4.78 is 0. The molecule has 3 unspecified atom stereocenters. The van der Waals surface area contributed by atoms with Crippen molar-refractivity contribution in [3.63, 3.8) is 0 Å². The zero-order valence-corrected chi connectivity index (χ0v) is 18.0. The Morgan fingerprint density at radius 2 is 1.69 bits per heavy atom. The first-order chi connectivity index (χ1) is 15.0. The molecule has 0 aliphatic rings. The van der Waals surface area contributed by atoms with Crippen LogP contribution in [0, 0.1) is 5.92 Å². The van der Waals surface area contributed by atoms with Crippen LogP contribution in [0.25, 0.3) is 0 Å². The molecular weight excluding hydrogens is 424 g/mol. The van der Waals surface area contributed by atoms with Gasteiger partial charge in [-0.15, -0.1) is 0 Å². The lowest BCUT2D eigenvalue weighted by Crippen LogP contribution is -2.57. The largest absolute Gasteiger partial charge is 0.481 e. The second kappa shape index (κ2) is 13.0. The summed E-state index contributed by atoms with van der Waals surface area (Å²) in [5.41, 5.74) is 6.25. The molecular formula is C19H30N6O7. The Kier molecular flexibility index (Phi) is 10.8. The predicted molar refractivity (Wildman–Crippen MR) is 111 cm³/mol. The minimum absolute atomic E-state index is 0.000896. The van der Waals surface area contributed by atoms with Crippen molar-refractivity contribution in [1.29, 1.82) is 0 Å². The van der Waals surface area contributed by atoms with Gasteiger partial charge in [-0.05, 0) is 18.8 Å². The highest BCUT2D eigenvalue weighted by molar-refractivity contribution is 5.93. The summed E-state index contributed by atoms with van der Waals surface area (Å²) in [4.78, 5) is 65.8. The van der Waals surface area contributed by atoms with Crippen molar-refractivity contribution in [2.24, 2.45) is 11.7 Å². The Morgan fingerprint density at radius 3 is 2.22 bits per heavy atom. The van der Waals surface area contributed by atoms with E-state index in [1.807, 2.05) is 13.8 Å². The first-order valence-electron chi connectivity index (χ1n) is 10.0. The summed E-state index contributed by atoms with van der Waals surface area (Å²) in [6, 6.07) is -3.31. The molecule has 0 aromatic carbocycles. The average molecular weight is 454 g/mol. The molecule has 1 rings (SSSR count). The summed E-state index contributed by atoms with van der Waals surface area (Å²) >= 11 is 0. The highest BCUT2D eigenvalue weighted by Gasteiger charge is 2.29. The standard InChI is InChI=1S/C19H30N6O7/c1-10(2)5-13(18(31)22-8-16(28)29)25-19(32)14(6-11-7-21-9-23-11)24-17(30)12(20)3-4-15(26)27/h7,9-10,12-14H,3-6,8,20H2,1-2H3,(H,21,23)(H,22,31)(H,24,30)(H,25,32)(H,26,27)(H,28,29). The fraction of sp³-hybridized carbons (Fsp3) is 0.579. The van der Waals surface area contributed by atoms with Crippen LogP contribution in [0.5, 0.6) is 0 Å². The predicted octanol–water partition coefficient (Wildman–Crippen LogP) is -1.64. The Labute approximate surface area is 184 Å². The molecule has 0 aliphatic heterocycles. The number of rotatable bonds is 14. The number of nitrogens with zero attached hydrogens (tertiary/aromatic N) is 1. The maximum absolute atomic E-state index is 12.9. The van der Waals surface area contributed by atoms with Crippen molar-refractivity contribution in [1.82, 2.24) is 25.9 Å². The molecule has 32 heavy (non-hydrogen) atoms. The molecule has 13 nitrogen and oxygen atoms in total. The van der Waals surface area contributed by atoms with E-state index in [9.17, 15) is 24.0 Å². The number of hydrogen-bond acceptors (Lipinski definition) is 7. The topological polar surface area (TPSA) is 217 Å². The van der Waals surface area contributed by atoms with Crippen molar-refractivity contribution in [3.8, 4) is 0 Å². The lowest BCUT2D eigenvalue weighted by Gasteiger charge is -2.24. The van der Waals surface area contributed by atoms with E-state index < -0.39 is 54.3 Å². The number of aromatic nitrogens is 2.